The number of nitro groups is 1. The normalized spacial score (nSPS) is 9.93. The average Bonchev–Trinajstić information content (AvgIpc) is 3.08. The Kier molecular flexibility index (Phi) is 7.64. The second-order valence-electron chi connectivity index (χ2n) is 5.92. The van der Waals surface area contributed by atoms with E-state index in [4.69, 9.17) is 19.8 Å². The molecule has 0 atom stereocenters. The molecule has 156 valence electrons. The van der Waals surface area contributed by atoms with Crippen LogP contribution >= 0.6 is 15.9 Å². The fraction of sp³-hybridized carbons (Fsp3) is 0.105. The van der Waals surface area contributed by atoms with Crippen LogP contribution in [0.3, 0.4) is 0 Å². The Morgan fingerprint density at radius 1 is 1.17 bits per heavy atom. The van der Waals surface area contributed by atoms with Gasteiger partial charge in [-0.1, -0.05) is 40.2 Å². The lowest BCUT2D eigenvalue weighted by molar-refractivity contribution is -0.384. The van der Waals surface area contributed by atoms with Crippen molar-refractivity contribution in [2.75, 3.05) is 5.32 Å². The SMILES string of the molecule is Cn1c(-c2ccc(Br)cc2)cnc1NCc1cccc([N+](=O)[O-])c1.O=C(O)C(=O)O. The van der Waals surface area contributed by atoms with Gasteiger partial charge in [0.05, 0.1) is 16.8 Å². The number of rotatable bonds is 5. The summed E-state index contributed by atoms with van der Waals surface area (Å²) in [6.45, 7) is 0.465. The number of non-ortho nitro benzene ring substituents is 1. The van der Waals surface area contributed by atoms with Gasteiger partial charge < -0.3 is 20.1 Å². The van der Waals surface area contributed by atoms with Crippen LogP contribution in [0.1, 0.15) is 5.56 Å². The molecule has 3 rings (SSSR count). The van der Waals surface area contributed by atoms with Crippen LogP contribution in [0.5, 0.6) is 0 Å². The molecule has 0 amide bonds. The number of aromatic nitrogens is 2. The maximum absolute atomic E-state index is 10.8. The van der Waals surface area contributed by atoms with E-state index in [2.05, 4.69) is 26.2 Å². The van der Waals surface area contributed by atoms with Gasteiger partial charge in [0.25, 0.3) is 5.69 Å². The number of carboxylic acid groups (broad SMARTS) is 2. The lowest BCUT2D eigenvalue weighted by atomic mass is 10.2. The standard InChI is InChI=1S/C17H15BrN4O2.C2H2O4/c1-21-16(13-5-7-14(18)8-6-13)11-20-17(21)19-10-12-3-2-4-15(9-12)22(23)24;3-1(4)2(5)6/h2-9,11H,10H2,1H3,(H,19,20);(H,3,4)(H,5,6). The first-order valence-electron chi connectivity index (χ1n) is 8.40. The topological polar surface area (TPSA) is 148 Å². The zero-order valence-electron chi connectivity index (χ0n) is 15.7. The Balaban J connectivity index is 0.000000469. The fourth-order valence-electron chi connectivity index (χ4n) is 2.42. The van der Waals surface area contributed by atoms with Crippen molar-refractivity contribution < 1.29 is 24.7 Å². The molecule has 0 fully saturated rings. The number of imidazole rings is 1. The highest BCUT2D eigenvalue weighted by atomic mass is 79.9. The number of carboxylic acids is 2. The van der Waals surface area contributed by atoms with Crippen molar-refractivity contribution in [3.05, 3.63) is 74.9 Å². The summed E-state index contributed by atoms with van der Waals surface area (Å²) in [6.07, 6.45) is 1.80. The van der Waals surface area contributed by atoms with Gasteiger partial charge in [-0.05, 0) is 23.3 Å². The maximum atomic E-state index is 10.8. The van der Waals surface area contributed by atoms with Crippen molar-refractivity contribution in [2.24, 2.45) is 7.05 Å². The summed E-state index contributed by atoms with van der Waals surface area (Å²) in [5.74, 6) is -2.94. The van der Waals surface area contributed by atoms with E-state index in [1.165, 1.54) is 6.07 Å². The van der Waals surface area contributed by atoms with Crippen LogP contribution in [0.2, 0.25) is 0 Å². The molecule has 0 aliphatic heterocycles. The fourth-order valence-corrected chi connectivity index (χ4v) is 2.69. The molecular weight excluding hydrogens is 460 g/mol. The van der Waals surface area contributed by atoms with Gasteiger partial charge in [0.1, 0.15) is 0 Å². The Morgan fingerprint density at radius 3 is 2.37 bits per heavy atom. The molecule has 0 aliphatic rings. The highest BCUT2D eigenvalue weighted by Crippen LogP contribution is 2.24. The molecule has 0 saturated carbocycles. The summed E-state index contributed by atoms with van der Waals surface area (Å²) in [5, 5.41) is 28.8. The lowest BCUT2D eigenvalue weighted by Crippen LogP contribution is -2.09. The Labute approximate surface area is 179 Å². The number of nitrogens with one attached hydrogen (secondary N) is 1. The minimum Gasteiger partial charge on any atom is -0.473 e. The summed E-state index contributed by atoms with van der Waals surface area (Å²) in [4.78, 5) is 33.0. The Bertz CT molecular complexity index is 1050. The minimum atomic E-state index is -1.82. The van der Waals surface area contributed by atoms with Gasteiger partial charge >= 0.3 is 11.9 Å². The quantitative estimate of drug-likeness (QED) is 0.287. The summed E-state index contributed by atoms with van der Waals surface area (Å²) in [6, 6.07) is 14.6. The number of anilines is 1. The summed E-state index contributed by atoms with van der Waals surface area (Å²) < 4.78 is 2.98. The molecule has 1 aromatic heterocycles. The molecule has 0 aliphatic carbocycles. The number of nitrogens with zero attached hydrogens (tertiary/aromatic N) is 3. The van der Waals surface area contributed by atoms with Gasteiger partial charge in [0, 0.05) is 30.2 Å². The molecule has 2 aromatic carbocycles. The molecule has 0 spiro atoms. The number of hydrogen-bond acceptors (Lipinski definition) is 6. The summed E-state index contributed by atoms with van der Waals surface area (Å²) in [5.41, 5.74) is 2.97. The second kappa shape index (κ2) is 10.2. The maximum Gasteiger partial charge on any atom is 0.414 e. The van der Waals surface area contributed by atoms with Crippen molar-refractivity contribution >= 4 is 39.5 Å². The largest absolute Gasteiger partial charge is 0.473 e. The molecule has 3 aromatic rings. The van der Waals surface area contributed by atoms with Crippen LogP contribution in [0, 0.1) is 10.1 Å². The van der Waals surface area contributed by atoms with Crippen LogP contribution in [0.4, 0.5) is 11.6 Å². The van der Waals surface area contributed by atoms with Crippen molar-refractivity contribution in [2.45, 2.75) is 6.54 Å². The first kappa shape index (κ1) is 22.6. The molecule has 11 heteroatoms. The zero-order chi connectivity index (χ0) is 22.3. The number of hydrogen-bond donors (Lipinski definition) is 3. The van der Waals surface area contributed by atoms with E-state index in [9.17, 15) is 10.1 Å². The third kappa shape index (κ3) is 6.14. The monoisotopic (exact) mass is 476 g/mol. The lowest BCUT2D eigenvalue weighted by Gasteiger charge is -2.08. The molecule has 3 N–H and O–H groups in total. The molecule has 0 unspecified atom stereocenters. The van der Waals surface area contributed by atoms with Crippen LogP contribution in [-0.2, 0) is 23.2 Å². The Morgan fingerprint density at radius 2 is 1.80 bits per heavy atom. The van der Waals surface area contributed by atoms with Crippen molar-refractivity contribution in [3.8, 4) is 11.3 Å². The van der Waals surface area contributed by atoms with Crippen molar-refractivity contribution in [1.29, 1.82) is 0 Å². The minimum absolute atomic E-state index is 0.0877. The number of halogens is 1. The highest BCUT2D eigenvalue weighted by Gasteiger charge is 2.10. The van der Waals surface area contributed by atoms with Gasteiger partial charge in [-0.15, -0.1) is 0 Å². The van der Waals surface area contributed by atoms with E-state index < -0.39 is 16.9 Å². The molecule has 10 nitrogen and oxygen atoms in total. The van der Waals surface area contributed by atoms with Gasteiger partial charge in [0.15, 0.2) is 0 Å². The second-order valence-corrected chi connectivity index (χ2v) is 6.84. The van der Waals surface area contributed by atoms with Gasteiger partial charge in [-0.2, -0.15) is 0 Å². The average molecular weight is 477 g/mol. The molecular formula is C19H17BrN4O6. The molecule has 1 heterocycles. The van der Waals surface area contributed by atoms with Crippen LogP contribution in [-0.4, -0.2) is 36.6 Å². The van der Waals surface area contributed by atoms with E-state index in [1.807, 2.05) is 41.9 Å². The third-order valence-electron chi connectivity index (χ3n) is 3.88. The molecule has 0 radical (unpaired) electrons. The van der Waals surface area contributed by atoms with Gasteiger partial charge in [-0.25, -0.2) is 14.6 Å². The van der Waals surface area contributed by atoms with E-state index in [-0.39, 0.29) is 5.69 Å². The molecule has 0 saturated heterocycles. The highest BCUT2D eigenvalue weighted by molar-refractivity contribution is 9.10. The molecule has 0 bridgehead atoms. The van der Waals surface area contributed by atoms with E-state index in [1.54, 1.807) is 18.3 Å². The van der Waals surface area contributed by atoms with Crippen LogP contribution in [0.25, 0.3) is 11.3 Å². The third-order valence-corrected chi connectivity index (χ3v) is 4.41. The first-order valence-corrected chi connectivity index (χ1v) is 9.19. The number of benzene rings is 2. The number of nitro benzene ring substituents is 1. The van der Waals surface area contributed by atoms with Crippen LogP contribution < -0.4 is 5.32 Å². The van der Waals surface area contributed by atoms with Crippen molar-refractivity contribution in [3.63, 3.8) is 0 Å². The summed E-state index contributed by atoms with van der Waals surface area (Å²) >= 11 is 3.43. The number of carbonyl (C=O) groups is 2. The zero-order valence-corrected chi connectivity index (χ0v) is 17.2. The predicted molar refractivity (Wildman–Crippen MR) is 112 cm³/mol. The van der Waals surface area contributed by atoms with E-state index in [0.717, 1.165) is 21.3 Å². The Hall–Kier alpha value is -3.73. The van der Waals surface area contributed by atoms with E-state index in [0.29, 0.717) is 12.5 Å². The number of aliphatic carboxylic acids is 2. The van der Waals surface area contributed by atoms with E-state index >= 15 is 0 Å². The van der Waals surface area contributed by atoms with Crippen LogP contribution in [0.15, 0.2) is 59.2 Å². The first-order chi connectivity index (χ1) is 14.2. The van der Waals surface area contributed by atoms with Gasteiger partial charge in [-0.3, -0.25) is 10.1 Å². The predicted octanol–water partition coefficient (Wildman–Crippen LogP) is 3.53. The smallest absolute Gasteiger partial charge is 0.414 e. The van der Waals surface area contributed by atoms with Crippen molar-refractivity contribution in [1.82, 2.24) is 9.55 Å². The molecule has 30 heavy (non-hydrogen) atoms. The van der Waals surface area contributed by atoms with Gasteiger partial charge in [0.2, 0.25) is 5.95 Å². The summed E-state index contributed by atoms with van der Waals surface area (Å²) in [7, 11) is 1.93.